The van der Waals surface area contributed by atoms with Gasteiger partial charge in [0.05, 0.1) is 0 Å². The average molecular weight is 433 g/mol. The van der Waals surface area contributed by atoms with Crippen molar-refractivity contribution in [3.05, 3.63) is 119 Å². The van der Waals surface area contributed by atoms with Crippen molar-refractivity contribution < 1.29 is 0 Å². The summed E-state index contributed by atoms with van der Waals surface area (Å²) >= 11 is 0. The van der Waals surface area contributed by atoms with Crippen LogP contribution in [-0.4, -0.2) is 0 Å². The van der Waals surface area contributed by atoms with E-state index in [0.717, 1.165) is 11.6 Å². The molecule has 7 aromatic rings. The van der Waals surface area contributed by atoms with Gasteiger partial charge in [0.15, 0.2) is 0 Å². The predicted octanol–water partition coefficient (Wildman–Crippen LogP) is 8.64. The lowest BCUT2D eigenvalue weighted by Crippen LogP contribution is -2.02. The van der Waals surface area contributed by atoms with Crippen LogP contribution in [0.3, 0.4) is 0 Å². The molecule has 0 atom stereocenters. The van der Waals surface area contributed by atoms with E-state index in [2.05, 4.69) is 117 Å². The van der Waals surface area contributed by atoms with Crippen molar-refractivity contribution in [2.45, 2.75) is 13.3 Å². The van der Waals surface area contributed by atoms with E-state index in [4.69, 9.17) is 0 Å². The molecule has 0 heterocycles. The van der Waals surface area contributed by atoms with Crippen molar-refractivity contribution in [3.63, 3.8) is 0 Å². The topological polar surface area (TPSA) is 0 Å². The van der Waals surface area contributed by atoms with Gasteiger partial charge < -0.3 is 0 Å². The molecule has 0 bridgehead atoms. The smallest absolute Gasteiger partial charge is 0.00134 e. The SMILES string of the molecule is C=c1ccc2ccc(Cc3ccc4ccc5cccc6ccc3c4c56)c3ccc(/C=C\C)c1c23. The van der Waals surface area contributed by atoms with E-state index < -0.39 is 0 Å². The molecule has 0 saturated heterocycles. The molecule has 0 fully saturated rings. The van der Waals surface area contributed by atoms with Crippen molar-refractivity contribution >= 4 is 66.5 Å². The summed E-state index contributed by atoms with van der Waals surface area (Å²) in [7, 11) is 0. The Balaban J connectivity index is 1.49. The Bertz CT molecular complexity index is 1940. The van der Waals surface area contributed by atoms with Gasteiger partial charge in [0, 0.05) is 0 Å². The first-order valence-electron chi connectivity index (χ1n) is 12.0. The third kappa shape index (κ3) is 2.66. The molecule has 0 aromatic heterocycles. The van der Waals surface area contributed by atoms with E-state index >= 15 is 0 Å². The molecule has 7 aromatic carbocycles. The zero-order valence-corrected chi connectivity index (χ0v) is 19.2. The second-order valence-electron chi connectivity index (χ2n) is 9.38. The van der Waals surface area contributed by atoms with Crippen LogP contribution in [0, 0.1) is 0 Å². The maximum Gasteiger partial charge on any atom is -0.00134 e. The van der Waals surface area contributed by atoms with E-state index in [-0.39, 0.29) is 0 Å². The minimum Gasteiger partial charge on any atom is -0.0911 e. The van der Waals surface area contributed by atoms with Gasteiger partial charge in [0.2, 0.25) is 0 Å². The van der Waals surface area contributed by atoms with Crippen molar-refractivity contribution in [3.8, 4) is 0 Å². The largest absolute Gasteiger partial charge is 0.0911 e. The summed E-state index contributed by atoms with van der Waals surface area (Å²) < 4.78 is 0. The highest BCUT2D eigenvalue weighted by Gasteiger charge is 2.14. The van der Waals surface area contributed by atoms with E-state index in [1.165, 1.54) is 70.6 Å². The summed E-state index contributed by atoms with van der Waals surface area (Å²) in [6.07, 6.45) is 5.21. The van der Waals surface area contributed by atoms with Crippen LogP contribution in [0.2, 0.25) is 0 Å². The quantitative estimate of drug-likeness (QED) is 0.245. The van der Waals surface area contributed by atoms with Crippen LogP contribution in [0.25, 0.3) is 66.5 Å². The van der Waals surface area contributed by atoms with E-state index in [1.54, 1.807) is 0 Å². The zero-order chi connectivity index (χ0) is 22.8. The zero-order valence-electron chi connectivity index (χ0n) is 19.2. The van der Waals surface area contributed by atoms with Crippen molar-refractivity contribution in [2.24, 2.45) is 0 Å². The summed E-state index contributed by atoms with van der Waals surface area (Å²) in [4.78, 5) is 0. The first-order chi connectivity index (χ1) is 16.7. The summed E-state index contributed by atoms with van der Waals surface area (Å²) in [6, 6.07) is 33.8. The van der Waals surface area contributed by atoms with Gasteiger partial charge in [-0.1, -0.05) is 110 Å². The molecule has 0 spiro atoms. The molecule has 0 saturated carbocycles. The number of hydrogen-bond acceptors (Lipinski definition) is 0. The Hall–Kier alpha value is -4.16. The maximum atomic E-state index is 4.36. The van der Waals surface area contributed by atoms with Gasteiger partial charge in [-0.2, -0.15) is 0 Å². The fourth-order valence-corrected chi connectivity index (χ4v) is 5.94. The van der Waals surface area contributed by atoms with Crippen molar-refractivity contribution in [1.82, 2.24) is 0 Å². The molecule has 0 nitrogen and oxygen atoms in total. The maximum absolute atomic E-state index is 4.36. The molecule has 0 aliphatic heterocycles. The minimum atomic E-state index is 0.906. The van der Waals surface area contributed by atoms with Gasteiger partial charge in [0.25, 0.3) is 0 Å². The third-order valence-electron chi connectivity index (χ3n) is 7.47. The van der Waals surface area contributed by atoms with Crippen LogP contribution < -0.4 is 5.22 Å². The van der Waals surface area contributed by atoms with Gasteiger partial charge in [-0.3, -0.25) is 0 Å². The summed E-state index contributed by atoms with van der Waals surface area (Å²) in [6.45, 7) is 6.43. The van der Waals surface area contributed by atoms with Crippen LogP contribution in [-0.2, 0) is 6.42 Å². The molecular weight excluding hydrogens is 408 g/mol. The lowest BCUT2D eigenvalue weighted by Gasteiger charge is -2.16. The van der Waals surface area contributed by atoms with Crippen LogP contribution in [0.1, 0.15) is 23.6 Å². The highest BCUT2D eigenvalue weighted by molar-refractivity contribution is 6.23. The minimum absolute atomic E-state index is 0.906. The van der Waals surface area contributed by atoms with Crippen LogP contribution in [0.4, 0.5) is 0 Å². The van der Waals surface area contributed by atoms with Crippen LogP contribution in [0.15, 0.2) is 97.1 Å². The summed E-state index contributed by atoms with van der Waals surface area (Å²) in [5, 5.41) is 14.4. The Morgan fingerprint density at radius 2 is 1.09 bits per heavy atom. The monoisotopic (exact) mass is 432 g/mol. The van der Waals surface area contributed by atoms with Crippen molar-refractivity contribution in [2.75, 3.05) is 0 Å². The molecule has 0 aliphatic carbocycles. The van der Waals surface area contributed by atoms with Gasteiger partial charge in [-0.05, 0) is 89.1 Å². The number of benzene rings is 7. The second-order valence-corrected chi connectivity index (χ2v) is 9.38. The standard InChI is InChI=1S/C34H24/c1-3-5-22-16-18-29-27(14-12-25-9-8-21(2)31(22)33(25)29)20-28-15-13-26-11-10-23-6-4-7-24-17-19-30(28)34(26)32(23)24/h3-19H,2,20H2,1H3/b5-3-. The number of hydrogen-bond donors (Lipinski definition) is 0. The van der Waals surface area contributed by atoms with Crippen LogP contribution >= 0.6 is 0 Å². The fraction of sp³-hybridized carbons (Fsp3) is 0.0588. The molecule has 0 heteroatoms. The number of rotatable bonds is 3. The molecule has 0 N–H and O–H groups in total. The number of allylic oxidation sites excluding steroid dienone is 1. The summed E-state index contributed by atoms with van der Waals surface area (Å²) in [5.41, 5.74) is 3.99. The Kier molecular flexibility index (Phi) is 4.07. The molecule has 7 rings (SSSR count). The molecular formula is C34H24. The Labute approximate surface area is 198 Å². The predicted molar refractivity (Wildman–Crippen MR) is 150 cm³/mol. The first kappa shape index (κ1) is 19.3. The fourth-order valence-electron chi connectivity index (χ4n) is 5.94. The molecule has 0 unspecified atom stereocenters. The van der Waals surface area contributed by atoms with Gasteiger partial charge in [-0.15, -0.1) is 0 Å². The highest BCUT2D eigenvalue weighted by atomic mass is 14.2. The summed E-state index contributed by atoms with van der Waals surface area (Å²) in [5.74, 6) is 0. The molecule has 160 valence electrons. The highest BCUT2D eigenvalue weighted by Crippen LogP contribution is 2.38. The van der Waals surface area contributed by atoms with Gasteiger partial charge in [-0.25, -0.2) is 0 Å². The van der Waals surface area contributed by atoms with E-state index in [9.17, 15) is 0 Å². The lowest BCUT2D eigenvalue weighted by molar-refractivity contribution is 1.24. The van der Waals surface area contributed by atoms with Gasteiger partial charge >= 0.3 is 0 Å². The van der Waals surface area contributed by atoms with Gasteiger partial charge in [0.1, 0.15) is 0 Å². The van der Waals surface area contributed by atoms with Crippen LogP contribution in [0.5, 0.6) is 0 Å². The second kappa shape index (κ2) is 7.17. The molecule has 34 heavy (non-hydrogen) atoms. The normalized spacial score (nSPS) is 12.4. The first-order valence-corrected chi connectivity index (χ1v) is 12.0. The Morgan fingerprint density at radius 1 is 0.559 bits per heavy atom. The Morgan fingerprint density at radius 3 is 1.76 bits per heavy atom. The lowest BCUT2D eigenvalue weighted by atomic mass is 9.87. The van der Waals surface area contributed by atoms with E-state index in [1.807, 2.05) is 0 Å². The van der Waals surface area contributed by atoms with E-state index in [0.29, 0.717) is 0 Å². The van der Waals surface area contributed by atoms with Crippen molar-refractivity contribution in [1.29, 1.82) is 0 Å². The molecule has 0 amide bonds. The third-order valence-corrected chi connectivity index (χ3v) is 7.47. The molecule has 0 aliphatic rings. The average Bonchev–Trinajstić information content (AvgIpc) is 2.87. The molecule has 0 radical (unpaired) electrons.